The number of nitrogens with one attached hydrogen (secondary N) is 2. The van der Waals surface area contributed by atoms with Gasteiger partial charge < -0.3 is 10.6 Å². The molecule has 0 atom stereocenters. The normalized spacial score (nSPS) is 11.2. The van der Waals surface area contributed by atoms with Crippen LogP contribution in [0.5, 0.6) is 0 Å². The lowest BCUT2D eigenvalue weighted by atomic mass is 10.2. The molecular formula is C17H22N8O3. The number of carbonyl (C=O) groups is 1. The summed E-state index contributed by atoms with van der Waals surface area (Å²) >= 11 is 0. The Morgan fingerprint density at radius 3 is 2.54 bits per heavy atom. The lowest BCUT2D eigenvalue weighted by Crippen LogP contribution is -2.33. The van der Waals surface area contributed by atoms with Crippen molar-refractivity contribution in [3.8, 4) is 0 Å². The van der Waals surface area contributed by atoms with Gasteiger partial charge >= 0.3 is 0 Å². The van der Waals surface area contributed by atoms with Crippen LogP contribution < -0.4 is 21.8 Å². The number of hydrogen-bond donors (Lipinski definition) is 2. The highest BCUT2D eigenvalue weighted by Gasteiger charge is 2.18. The second-order valence-electron chi connectivity index (χ2n) is 6.56. The van der Waals surface area contributed by atoms with Crippen LogP contribution in [0, 0.1) is 0 Å². The number of aromatic nitrogens is 6. The van der Waals surface area contributed by atoms with E-state index in [0.29, 0.717) is 23.7 Å². The van der Waals surface area contributed by atoms with E-state index in [4.69, 9.17) is 0 Å². The summed E-state index contributed by atoms with van der Waals surface area (Å²) in [6.07, 6.45) is 0. The molecular weight excluding hydrogens is 364 g/mol. The predicted molar refractivity (Wildman–Crippen MR) is 104 cm³/mol. The zero-order chi connectivity index (χ0) is 20.4. The molecule has 3 aromatic heterocycles. The molecule has 0 aliphatic heterocycles. The summed E-state index contributed by atoms with van der Waals surface area (Å²) in [6, 6.07) is 4.34. The van der Waals surface area contributed by atoms with E-state index < -0.39 is 11.5 Å². The average molecular weight is 386 g/mol. The van der Waals surface area contributed by atoms with Crippen LogP contribution in [0.2, 0.25) is 0 Å². The van der Waals surface area contributed by atoms with Crippen molar-refractivity contribution in [2.24, 2.45) is 7.05 Å². The Balaban J connectivity index is 1.94. The number of fused-ring (bicyclic) bond motifs is 1. The number of hydrogen-bond acceptors (Lipinski definition) is 7. The highest BCUT2D eigenvalue weighted by Crippen LogP contribution is 2.14. The van der Waals surface area contributed by atoms with Crippen molar-refractivity contribution >= 4 is 23.1 Å². The van der Waals surface area contributed by atoms with Crippen molar-refractivity contribution in [3.05, 3.63) is 44.7 Å². The molecule has 3 rings (SSSR count). The van der Waals surface area contributed by atoms with E-state index in [0.717, 1.165) is 9.36 Å². The van der Waals surface area contributed by atoms with E-state index in [2.05, 4.69) is 25.9 Å². The summed E-state index contributed by atoms with van der Waals surface area (Å²) in [5.74, 6) is 0.846. The molecule has 0 saturated carbocycles. The molecule has 0 aliphatic rings. The maximum Gasteiger partial charge on any atom is 0.293 e. The maximum atomic E-state index is 12.8. The van der Waals surface area contributed by atoms with Crippen LogP contribution in [-0.4, -0.2) is 41.6 Å². The molecule has 3 heterocycles. The van der Waals surface area contributed by atoms with Gasteiger partial charge in [-0.25, -0.2) is 13.9 Å². The summed E-state index contributed by atoms with van der Waals surface area (Å²) in [6.45, 7) is 6.17. The minimum atomic E-state index is -0.480. The van der Waals surface area contributed by atoms with Crippen LogP contribution in [0.3, 0.4) is 0 Å². The van der Waals surface area contributed by atoms with Gasteiger partial charge in [0.2, 0.25) is 5.91 Å². The molecule has 0 aromatic carbocycles. The Kier molecular flexibility index (Phi) is 5.25. The number of carbonyl (C=O) groups excluding carboxylic acids is 1. The average Bonchev–Trinajstić information content (AvgIpc) is 3.05. The van der Waals surface area contributed by atoms with Crippen molar-refractivity contribution in [2.45, 2.75) is 33.2 Å². The number of nitrogens with zero attached hydrogens (tertiary/aromatic N) is 6. The van der Waals surface area contributed by atoms with E-state index in [1.165, 1.54) is 23.7 Å². The third-order valence-corrected chi connectivity index (χ3v) is 4.00. The van der Waals surface area contributed by atoms with Crippen molar-refractivity contribution in [2.75, 3.05) is 17.2 Å². The molecule has 0 unspecified atom stereocenters. The van der Waals surface area contributed by atoms with Crippen LogP contribution in [0.1, 0.15) is 32.5 Å². The molecule has 148 valence electrons. The molecule has 0 bridgehead atoms. The second-order valence-corrected chi connectivity index (χ2v) is 6.56. The molecule has 0 radical (unpaired) electrons. The van der Waals surface area contributed by atoms with Gasteiger partial charge in [0.1, 0.15) is 17.9 Å². The molecule has 2 N–H and O–H groups in total. The highest BCUT2D eigenvalue weighted by atomic mass is 16.2. The monoisotopic (exact) mass is 386 g/mol. The smallest absolute Gasteiger partial charge is 0.293 e. The fourth-order valence-electron chi connectivity index (χ4n) is 2.67. The minimum absolute atomic E-state index is 0.0166. The Hall–Kier alpha value is -3.50. The first-order valence-electron chi connectivity index (χ1n) is 8.89. The van der Waals surface area contributed by atoms with Crippen molar-refractivity contribution < 1.29 is 4.79 Å². The summed E-state index contributed by atoms with van der Waals surface area (Å²) in [5.41, 5.74) is -0.382. The summed E-state index contributed by atoms with van der Waals surface area (Å²) in [4.78, 5) is 36.5. The lowest BCUT2D eigenvalue weighted by Gasteiger charge is -2.11. The van der Waals surface area contributed by atoms with Crippen LogP contribution in [0.25, 0.3) is 5.52 Å². The zero-order valence-corrected chi connectivity index (χ0v) is 16.1. The van der Waals surface area contributed by atoms with Gasteiger partial charge in [0.05, 0.1) is 0 Å². The first-order chi connectivity index (χ1) is 13.3. The lowest BCUT2D eigenvalue weighted by molar-refractivity contribution is -0.117. The molecule has 11 heteroatoms. The van der Waals surface area contributed by atoms with E-state index >= 15 is 0 Å². The number of rotatable bonds is 6. The van der Waals surface area contributed by atoms with Gasteiger partial charge in [-0.1, -0.05) is 13.8 Å². The fourth-order valence-corrected chi connectivity index (χ4v) is 2.67. The molecule has 0 aliphatic carbocycles. The molecule has 0 spiro atoms. The molecule has 0 saturated heterocycles. The number of anilines is 2. The number of aryl methyl sites for hydroxylation is 1. The van der Waals surface area contributed by atoms with Crippen molar-refractivity contribution in [3.63, 3.8) is 0 Å². The maximum absolute atomic E-state index is 12.8. The molecule has 11 nitrogen and oxygen atoms in total. The topological polar surface area (TPSA) is 128 Å². The number of amides is 1. The molecule has 3 aromatic rings. The molecule has 28 heavy (non-hydrogen) atoms. The Morgan fingerprint density at radius 1 is 1.14 bits per heavy atom. The van der Waals surface area contributed by atoms with Crippen molar-refractivity contribution in [1.82, 2.24) is 29.2 Å². The first kappa shape index (κ1) is 19.3. The van der Waals surface area contributed by atoms with Crippen LogP contribution >= 0.6 is 0 Å². The zero-order valence-electron chi connectivity index (χ0n) is 16.1. The predicted octanol–water partition coefficient (Wildman–Crippen LogP) is 0.179. The summed E-state index contributed by atoms with van der Waals surface area (Å²) in [7, 11) is 1.48. The standard InChI is InChI=1S/C17H22N8O3/c1-5-18-13-8-11-17(28)24(22-16(10(2)3)25(11)21-13)9-14(26)19-12-6-7-15(27)23(4)20-12/h6-8,10H,5,9H2,1-4H3,(H,18,21)(H,19,20,26). The van der Waals surface area contributed by atoms with Crippen molar-refractivity contribution in [1.29, 1.82) is 0 Å². The van der Waals surface area contributed by atoms with Crippen LogP contribution in [0.4, 0.5) is 11.6 Å². The van der Waals surface area contributed by atoms with Crippen LogP contribution in [-0.2, 0) is 18.4 Å². The van der Waals surface area contributed by atoms with E-state index in [1.807, 2.05) is 20.8 Å². The molecule has 1 amide bonds. The minimum Gasteiger partial charge on any atom is -0.369 e. The van der Waals surface area contributed by atoms with Gasteiger partial charge in [-0.3, -0.25) is 14.4 Å². The van der Waals surface area contributed by atoms with Gasteiger partial charge in [0, 0.05) is 31.6 Å². The first-order valence-corrected chi connectivity index (χ1v) is 8.89. The Morgan fingerprint density at radius 2 is 1.89 bits per heavy atom. The summed E-state index contributed by atoms with van der Waals surface area (Å²) in [5, 5.41) is 18.3. The Labute approximate surface area is 160 Å². The van der Waals surface area contributed by atoms with Crippen LogP contribution in [0.15, 0.2) is 27.8 Å². The van der Waals surface area contributed by atoms with E-state index in [-0.39, 0.29) is 23.8 Å². The second kappa shape index (κ2) is 7.62. The summed E-state index contributed by atoms with van der Waals surface area (Å²) < 4.78 is 3.73. The fraction of sp³-hybridized carbons (Fsp3) is 0.412. The highest BCUT2D eigenvalue weighted by molar-refractivity contribution is 5.89. The largest absolute Gasteiger partial charge is 0.369 e. The van der Waals surface area contributed by atoms with Gasteiger partial charge in [-0.05, 0) is 13.0 Å². The quantitative estimate of drug-likeness (QED) is 0.618. The van der Waals surface area contributed by atoms with Gasteiger partial charge in [-0.2, -0.15) is 10.2 Å². The van der Waals surface area contributed by atoms with Gasteiger partial charge in [-0.15, -0.1) is 5.10 Å². The molecule has 0 fully saturated rings. The van der Waals surface area contributed by atoms with E-state index in [9.17, 15) is 14.4 Å². The third kappa shape index (κ3) is 3.77. The van der Waals surface area contributed by atoms with Gasteiger partial charge in [0.15, 0.2) is 11.6 Å². The third-order valence-electron chi connectivity index (χ3n) is 4.00. The SMILES string of the molecule is CCNc1cc2c(=O)n(CC(=O)Nc3ccc(=O)n(C)n3)nc(C(C)C)n2n1. The van der Waals surface area contributed by atoms with E-state index in [1.54, 1.807) is 6.07 Å². The Bertz CT molecular complexity index is 1140. The van der Waals surface area contributed by atoms with Gasteiger partial charge in [0.25, 0.3) is 11.1 Å².